The number of fused-ring (bicyclic) bond motifs is 1. The third kappa shape index (κ3) is 5.23. The van der Waals surface area contributed by atoms with Crippen LogP contribution in [-0.2, 0) is 19.1 Å². The summed E-state index contributed by atoms with van der Waals surface area (Å²) >= 11 is 1.39. The Labute approximate surface area is 162 Å². The maximum atomic E-state index is 12.1. The lowest BCUT2D eigenvalue weighted by atomic mass is 10.1. The van der Waals surface area contributed by atoms with Gasteiger partial charge in [-0.25, -0.2) is 0 Å². The van der Waals surface area contributed by atoms with Crippen LogP contribution in [0.1, 0.15) is 6.92 Å². The van der Waals surface area contributed by atoms with Crippen molar-refractivity contribution in [2.24, 2.45) is 0 Å². The largest absolute Gasteiger partial charge is 0.455 e. The molecule has 0 aliphatic carbocycles. The molecule has 0 bridgehead atoms. The number of carbonyl (C=O) groups excluding carboxylic acids is 3. The van der Waals surface area contributed by atoms with E-state index in [9.17, 15) is 14.4 Å². The Kier molecular flexibility index (Phi) is 6.34. The highest BCUT2D eigenvalue weighted by Gasteiger charge is 2.23. The van der Waals surface area contributed by atoms with Crippen LogP contribution in [0.2, 0.25) is 0 Å². The quantitative estimate of drug-likeness (QED) is 0.582. The first-order valence-electron chi connectivity index (χ1n) is 8.83. The third-order valence-corrected chi connectivity index (χ3v) is 5.48. The van der Waals surface area contributed by atoms with Crippen molar-refractivity contribution in [3.63, 3.8) is 0 Å². The predicted octanol–water partition coefficient (Wildman–Crippen LogP) is 2.17. The maximum absolute atomic E-state index is 12.1. The minimum absolute atomic E-state index is 0.0132. The average Bonchev–Trinajstić information content (AvgIpc) is 2.70. The van der Waals surface area contributed by atoms with Crippen LogP contribution >= 0.6 is 11.8 Å². The molecular formula is C20H22N2O4S. The van der Waals surface area contributed by atoms with Gasteiger partial charge in [0.15, 0.2) is 6.61 Å². The van der Waals surface area contributed by atoms with Gasteiger partial charge >= 0.3 is 5.97 Å². The summed E-state index contributed by atoms with van der Waals surface area (Å²) in [5, 5.41) is 2.27. The minimum atomic E-state index is -0.413. The van der Waals surface area contributed by atoms with E-state index in [1.165, 1.54) is 18.7 Å². The Morgan fingerprint density at radius 2 is 1.63 bits per heavy atom. The molecule has 1 heterocycles. The van der Waals surface area contributed by atoms with E-state index in [0.717, 1.165) is 15.7 Å². The summed E-state index contributed by atoms with van der Waals surface area (Å²) in [6, 6.07) is 14.1. The SMILES string of the molecule is CC(=O)N1CCN(C(=O)COC(=O)CSc2ccc3ccccc3c2)CC1. The van der Waals surface area contributed by atoms with E-state index in [1.54, 1.807) is 9.80 Å². The molecule has 1 fully saturated rings. The first kappa shape index (κ1) is 19.2. The number of hydrogen-bond acceptors (Lipinski definition) is 5. The van der Waals surface area contributed by atoms with Gasteiger partial charge in [-0.2, -0.15) is 0 Å². The summed E-state index contributed by atoms with van der Waals surface area (Å²) in [4.78, 5) is 39.7. The number of thioether (sulfide) groups is 1. The highest BCUT2D eigenvalue weighted by Crippen LogP contribution is 2.23. The van der Waals surface area contributed by atoms with Crippen LogP contribution < -0.4 is 0 Å². The van der Waals surface area contributed by atoms with Gasteiger partial charge in [-0.3, -0.25) is 14.4 Å². The van der Waals surface area contributed by atoms with Crippen molar-refractivity contribution >= 4 is 40.3 Å². The van der Waals surface area contributed by atoms with Gasteiger partial charge in [0.05, 0.1) is 5.75 Å². The number of carbonyl (C=O) groups is 3. The molecular weight excluding hydrogens is 364 g/mol. The Morgan fingerprint density at radius 3 is 2.33 bits per heavy atom. The van der Waals surface area contributed by atoms with Crippen molar-refractivity contribution in [3.8, 4) is 0 Å². The van der Waals surface area contributed by atoms with Gasteiger partial charge in [0.25, 0.3) is 5.91 Å². The smallest absolute Gasteiger partial charge is 0.316 e. The van der Waals surface area contributed by atoms with Gasteiger partial charge in [-0.1, -0.05) is 30.3 Å². The predicted molar refractivity (Wildman–Crippen MR) is 104 cm³/mol. The molecule has 0 N–H and O–H groups in total. The van der Waals surface area contributed by atoms with Gasteiger partial charge in [-0.05, 0) is 22.9 Å². The van der Waals surface area contributed by atoms with Crippen LogP contribution in [-0.4, -0.2) is 66.1 Å². The topological polar surface area (TPSA) is 66.9 Å². The molecule has 1 aliphatic rings. The molecule has 0 aromatic heterocycles. The van der Waals surface area contributed by atoms with E-state index in [-0.39, 0.29) is 24.2 Å². The highest BCUT2D eigenvalue weighted by atomic mass is 32.2. The highest BCUT2D eigenvalue weighted by molar-refractivity contribution is 8.00. The van der Waals surface area contributed by atoms with Gasteiger partial charge in [0, 0.05) is 38.0 Å². The fraction of sp³-hybridized carbons (Fsp3) is 0.350. The Bertz CT molecular complexity index is 847. The number of rotatable bonds is 5. The lowest BCUT2D eigenvalue weighted by molar-refractivity contribution is -0.151. The molecule has 7 heteroatoms. The van der Waals surface area contributed by atoms with Gasteiger partial charge in [0.2, 0.25) is 5.91 Å². The van der Waals surface area contributed by atoms with E-state index in [4.69, 9.17) is 4.74 Å². The van der Waals surface area contributed by atoms with E-state index in [1.807, 2.05) is 42.5 Å². The molecule has 2 aromatic rings. The van der Waals surface area contributed by atoms with E-state index >= 15 is 0 Å². The van der Waals surface area contributed by atoms with Crippen LogP contribution in [0.15, 0.2) is 47.4 Å². The third-order valence-electron chi connectivity index (χ3n) is 4.51. The van der Waals surface area contributed by atoms with Crippen LogP contribution in [0.4, 0.5) is 0 Å². The lowest BCUT2D eigenvalue weighted by Gasteiger charge is -2.34. The van der Waals surface area contributed by atoms with Crippen molar-refractivity contribution in [1.82, 2.24) is 9.80 Å². The zero-order valence-corrected chi connectivity index (χ0v) is 16.0. The molecule has 0 atom stereocenters. The zero-order chi connectivity index (χ0) is 19.2. The van der Waals surface area contributed by atoms with Crippen molar-refractivity contribution < 1.29 is 19.1 Å². The van der Waals surface area contributed by atoms with Crippen LogP contribution in [0.3, 0.4) is 0 Å². The molecule has 3 rings (SSSR count). The van der Waals surface area contributed by atoms with Crippen LogP contribution in [0.5, 0.6) is 0 Å². The molecule has 0 spiro atoms. The number of benzene rings is 2. The summed E-state index contributed by atoms with van der Waals surface area (Å²) in [5.41, 5.74) is 0. The van der Waals surface area contributed by atoms with Crippen molar-refractivity contribution in [1.29, 1.82) is 0 Å². The summed E-state index contributed by atoms with van der Waals surface area (Å²) < 4.78 is 5.11. The normalized spacial score (nSPS) is 14.3. The summed E-state index contributed by atoms with van der Waals surface area (Å²) in [6.45, 7) is 3.26. The molecule has 1 aliphatic heterocycles. The second-order valence-corrected chi connectivity index (χ2v) is 7.39. The van der Waals surface area contributed by atoms with Gasteiger partial charge in [-0.15, -0.1) is 11.8 Å². The number of nitrogens with zero attached hydrogens (tertiary/aromatic N) is 2. The Hall–Kier alpha value is -2.54. The second kappa shape index (κ2) is 8.90. The monoisotopic (exact) mass is 386 g/mol. The van der Waals surface area contributed by atoms with Crippen molar-refractivity contribution in [2.45, 2.75) is 11.8 Å². The van der Waals surface area contributed by atoms with Crippen LogP contribution in [0.25, 0.3) is 10.8 Å². The van der Waals surface area contributed by atoms with Crippen LogP contribution in [0, 0.1) is 0 Å². The minimum Gasteiger partial charge on any atom is -0.455 e. The van der Waals surface area contributed by atoms with Crippen molar-refractivity contribution in [2.75, 3.05) is 38.5 Å². The molecule has 6 nitrogen and oxygen atoms in total. The molecule has 0 saturated carbocycles. The molecule has 2 aromatic carbocycles. The summed E-state index contributed by atoms with van der Waals surface area (Å²) in [5.74, 6) is -0.464. The zero-order valence-electron chi connectivity index (χ0n) is 15.2. The average molecular weight is 386 g/mol. The van der Waals surface area contributed by atoms with E-state index in [2.05, 4.69) is 0 Å². The first-order chi connectivity index (χ1) is 13.0. The standard InChI is InChI=1S/C20H22N2O4S/c1-15(23)21-8-10-22(11-9-21)19(24)13-26-20(25)14-27-18-7-6-16-4-2-3-5-17(16)12-18/h2-7,12H,8-11,13-14H2,1H3. The summed E-state index contributed by atoms with van der Waals surface area (Å²) in [6.07, 6.45) is 0. The maximum Gasteiger partial charge on any atom is 0.316 e. The van der Waals surface area contributed by atoms with Crippen molar-refractivity contribution in [3.05, 3.63) is 42.5 Å². The number of piperazine rings is 1. The number of ether oxygens (including phenoxy) is 1. The van der Waals surface area contributed by atoms with E-state index < -0.39 is 5.97 Å². The Morgan fingerprint density at radius 1 is 0.963 bits per heavy atom. The molecule has 0 unspecified atom stereocenters. The number of esters is 1. The lowest BCUT2D eigenvalue weighted by Crippen LogP contribution is -2.51. The Balaban J connectivity index is 1.41. The number of hydrogen-bond donors (Lipinski definition) is 0. The molecule has 1 saturated heterocycles. The molecule has 0 radical (unpaired) electrons. The fourth-order valence-electron chi connectivity index (χ4n) is 2.95. The molecule has 142 valence electrons. The fourth-order valence-corrected chi connectivity index (χ4v) is 3.69. The first-order valence-corrected chi connectivity index (χ1v) is 9.82. The van der Waals surface area contributed by atoms with Gasteiger partial charge in [0.1, 0.15) is 0 Å². The summed E-state index contributed by atoms with van der Waals surface area (Å²) in [7, 11) is 0. The molecule has 2 amide bonds. The number of amides is 2. The van der Waals surface area contributed by atoms with Gasteiger partial charge < -0.3 is 14.5 Å². The molecule has 27 heavy (non-hydrogen) atoms. The second-order valence-electron chi connectivity index (χ2n) is 6.35. The van der Waals surface area contributed by atoms with E-state index in [0.29, 0.717) is 26.2 Å².